The van der Waals surface area contributed by atoms with E-state index in [0.717, 1.165) is 24.0 Å². The molecule has 1 aliphatic carbocycles. The van der Waals surface area contributed by atoms with E-state index in [0.29, 0.717) is 35.8 Å². The molecule has 3 unspecified atom stereocenters. The van der Waals surface area contributed by atoms with E-state index in [2.05, 4.69) is 13.8 Å². The molecule has 114 valence electrons. The fraction of sp³-hybridized carbons (Fsp3) is 0.556. The van der Waals surface area contributed by atoms with Crippen molar-refractivity contribution in [1.29, 1.82) is 0 Å². The minimum Gasteiger partial charge on any atom is -0.458 e. The van der Waals surface area contributed by atoms with Gasteiger partial charge in [-0.1, -0.05) is 26.0 Å². The predicted molar refractivity (Wildman–Crippen MR) is 83.6 cm³/mol. The molecule has 0 bridgehead atoms. The lowest BCUT2D eigenvalue weighted by molar-refractivity contribution is 0.183. The molecule has 2 nitrogen and oxygen atoms in total. The predicted octanol–water partition coefficient (Wildman–Crippen LogP) is 4.69. The van der Waals surface area contributed by atoms with Crippen molar-refractivity contribution in [3.8, 4) is 0 Å². The van der Waals surface area contributed by atoms with Crippen molar-refractivity contribution >= 4 is 11.0 Å². The number of hydrogen-bond donors (Lipinski definition) is 1. The minimum atomic E-state index is -0.278. The number of para-hydroxylation sites is 1. The van der Waals surface area contributed by atoms with Gasteiger partial charge in [-0.2, -0.15) is 0 Å². The van der Waals surface area contributed by atoms with Crippen LogP contribution < -0.4 is 5.73 Å². The maximum atomic E-state index is 13.8. The lowest BCUT2D eigenvalue weighted by Crippen LogP contribution is -2.30. The van der Waals surface area contributed by atoms with E-state index in [4.69, 9.17) is 10.2 Å². The maximum Gasteiger partial charge on any atom is 0.169 e. The van der Waals surface area contributed by atoms with E-state index < -0.39 is 0 Å². The van der Waals surface area contributed by atoms with E-state index in [1.807, 2.05) is 12.1 Å². The van der Waals surface area contributed by atoms with E-state index >= 15 is 0 Å². The first-order valence-electron chi connectivity index (χ1n) is 7.98. The van der Waals surface area contributed by atoms with Gasteiger partial charge >= 0.3 is 0 Å². The standard InChI is InChI=1S/C18H24FNO/c1-11(2)12-6-7-14(10-20)15(8-12)17-9-13-4-3-5-16(19)18(13)21-17/h3-5,9,11-12,14-15H,6-8,10,20H2,1-2H3. The van der Waals surface area contributed by atoms with Crippen molar-refractivity contribution in [2.75, 3.05) is 6.54 Å². The Kier molecular flexibility index (Phi) is 4.03. The molecule has 0 saturated heterocycles. The molecule has 2 N–H and O–H groups in total. The number of benzene rings is 1. The first-order valence-corrected chi connectivity index (χ1v) is 7.98. The molecule has 3 rings (SSSR count). The molecule has 1 aromatic heterocycles. The number of rotatable bonds is 3. The van der Waals surface area contributed by atoms with Gasteiger partial charge < -0.3 is 10.2 Å². The zero-order chi connectivity index (χ0) is 15.0. The molecule has 1 saturated carbocycles. The second-order valence-corrected chi connectivity index (χ2v) is 6.73. The molecule has 3 heteroatoms. The summed E-state index contributed by atoms with van der Waals surface area (Å²) >= 11 is 0. The van der Waals surface area contributed by atoms with Crippen LogP contribution in [0.4, 0.5) is 4.39 Å². The molecule has 3 atom stereocenters. The Labute approximate surface area is 125 Å². The first-order chi connectivity index (χ1) is 10.1. The Bertz CT molecular complexity index is 619. The zero-order valence-electron chi connectivity index (χ0n) is 12.8. The molecule has 1 fully saturated rings. The Morgan fingerprint density at radius 2 is 2.14 bits per heavy atom. The highest BCUT2D eigenvalue weighted by Crippen LogP contribution is 2.44. The average molecular weight is 289 g/mol. The highest BCUT2D eigenvalue weighted by atomic mass is 19.1. The quantitative estimate of drug-likeness (QED) is 0.890. The summed E-state index contributed by atoms with van der Waals surface area (Å²) in [6.45, 7) is 5.24. The molecule has 0 aliphatic heterocycles. The van der Waals surface area contributed by atoms with Crippen LogP contribution in [-0.4, -0.2) is 6.54 Å². The van der Waals surface area contributed by atoms with Gasteiger partial charge in [0.1, 0.15) is 5.76 Å². The van der Waals surface area contributed by atoms with E-state index in [9.17, 15) is 4.39 Å². The zero-order valence-corrected chi connectivity index (χ0v) is 12.8. The third-order valence-electron chi connectivity index (χ3n) is 5.16. The second-order valence-electron chi connectivity index (χ2n) is 6.73. The van der Waals surface area contributed by atoms with Crippen LogP contribution >= 0.6 is 0 Å². The summed E-state index contributed by atoms with van der Waals surface area (Å²) in [5.41, 5.74) is 6.35. The van der Waals surface area contributed by atoms with Gasteiger partial charge in [-0.05, 0) is 55.7 Å². The van der Waals surface area contributed by atoms with Gasteiger partial charge in [0.2, 0.25) is 0 Å². The molecular formula is C18H24FNO. The Hall–Kier alpha value is -1.35. The van der Waals surface area contributed by atoms with Gasteiger partial charge in [0, 0.05) is 11.3 Å². The van der Waals surface area contributed by atoms with Gasteiger partial charge in [0.15, 0.2) is 11.4 Å². The summed E-state index contributed by atoms with van der Waals surface area (Å²) in [6, 6.07) is 7.10. The summed E-state index contributed by atoms with van der Waals surface area (Å²) in [6.07, 6.45) is 3.48. The van der Waals surface area contributed by atoms with Crippen LogP contribution in [0.15, 0.2) is 28.7 Å². The van der Waals surface area contributed by atoms with Crippen molar-refractivity contribution in [2.24, 2.45) is 23.5 Å². The number of furan rings is 1. The normalized spacial score (nSPS) is 26.6. The third-order valence-corrected chi connectivity index (χ3v) is 5.16. The molecule has 0 amide bonds. The highest BCUT2D eigenvalue weighted by Gasteiger charge is 2.34. The fourth-order valence-corrected chi connectivity index (χ4v) is 3.73. The summed E-state index contributed by atoms with van der Waals surface area (Å²) in [5, 5.41) is 0.854. The van der Waals surface area contributed by atoms with Crippen LogP contribution in [0.2, 0.25) is 0 Å². The van der Waals surface area contributed by atoms with Crippen molar-refractivity contribution in [2.45, 2.75) is 39.0 Å². The highest BCUT2D eigenvalue weighted by molar-refractivity contribution is 5.78. The molecular weight excluding hydrogens is 265 g/mol. The van der Waals surface area contributed by atoms with Crippen LogP contribution in [0.25, 0.3) is 11.0 Å². The molecule has 0 spiro atoms. The fourth-order valence-electron chi connectivity index (χ4n) is 3.73. The van der Waals surface area contributed by atoms with E-state index in [1.165, 1.54) is 12.5 Å². The molecule has 1 heterocycles. The van der Waals surface area contributed by atoms with Gasteiger partial charge in [0.05, 0.1) is 0 Å². The smallest absolute Gasteiger partial charge is 0.169 e. The number of nitrogens with two attached hydrogens (primary N) is 1. The minimum absolute atomic E-state index is 0.278. The van der Waals surface area contributed by atoms with Crippen LogP contribution in [-0.2, 0) is 0 Å². The Balaban J connectivity index is 1.95. The first kappa shape index (κ1) is 14.6. The van der Waals surface area contributed by atoms with Gasteiger partial charge in [-0.25, -0.2) is 4.39 Å². The molecule has 21 heavy (non-hydrogen) atoms. The average Bonchev–Trinajstić information content (AvgIpc) is 2.92. The Morgan fingerprint density at radius 1 is 1.33 bits per heavy atom. The van der Waals surface area contributed by atoms with Crippen LogP contribution in [0.3, 0.4) is 0 Å². The van der Waals surface area contributed by atoms with Crippen LogP contribution in [0, 0.1) is 23.6 Å². The van der Waals surface area contributed by atoms with Crippen molar-refractivity contribution < 1.29 is 8.81 Å². The second kappa shape index (κ2) is 5.80. The summed E-state index contributed by atoms with van der Waals surface area (Å²) in [7, 11) is 0. The summed E-state index contributed by atoms with van der Waals surface area (Å²) in [5.74, 6) is 2.78. The number of hydrogen-bond acceptors (Lipinski definition) is 2. The third kappa shape index (κ3) is 2.71. The van der Waals surface area contributed by atoms with E-state index in [1.54, 1.807) is 6.07 Å². The van der Waals surface area contributed by atoms with Crippen LogP contribution in [0.1, 0.15) is 44.8 Å². The van der Waals surface area contributed by atoms with Crippen molar-refractivity contribution in [3.05, 3.63) is 35.8 Å². The van der Waals surface area contributed by atoms with Gasteiger partial charge in [-0.15, -0.1) is 0 Å². The van der Waals surface area contributed by atoms with Crippen molar-refractivity contribution in [1.82, 2.24) is 0 Å². The summed E-state index contributed by atoms with van der Waals surface area (Å²) < 4.78 is 19.7. The Morgan fingerprint density at radius 3 is 2.81 bits per heavy atom. The maximum absolute atomic E-state index is 13.8. The van der Waals surface area contributed by atoms with Gasteiger partial charge in [-0.3, -0.25) is 0 Å². The van der Waals surface area contributed by atoms with Gasteiger partial charge in [0.25, 0.3) is 0 Å². The molecule has 1 aromatic carbocycles. The molecule has 0 radical (unpaired) electrons. The van der Waals surface area contributed by atoms with E-state index in [-0.39, 0.29) is 5.82 Å². The summed E-state index contributed by atoms with van der Waals surface area (Å²) in [4.78, 5) is 0. The largest absolute Gasteiger partial charge is 0.458 e. The van der Waals surface area contributed by atoms with Crippen molar-refractivity contribution in [3.63, 3.8) is 0 Å². The molecule has 1 aliphatic rings. The lowest BCUT2D eigenvalue weighted by atomic mass is 9.70. The monoisotopic (exact) mass is 289 g/mol. The SMILES string of the molecule is CC(C)C1CCC(CN)C(c2cc3cccc(F)c3o2)C1. The lowest BCUT2D eigenvalue weighted by Gasteiger charge is -2.36. The molecule has 2 aromatic rings. The topological polar surface area (TPSA) is 39.2 Å². The number of halogens is 1. The number of fused-ring (bicyclic) bond motifs is 1. The van der Waals surface area contributed by atoms with Crippen LogP contribution in [0.5, 0.6) is 0 Å².